The summed E-state index contributed by atoms with van der Waals surface area (Å²) in [6, 6.07) is 0.706. The third kappa shape index (κ3) is 3.67. The predicted octanol–water partition coefficient (Wildman–Crippen LogP) is 2.17. The van der Waals surface area contributed by atoms with Crippen LogP contribution in [0.3, 0.4) is 0 Å². The summed E-state index contributed by atoms with van der Waals surface area (Å²) in [4.78, 5) is 3.42. The average molecular weight is 260 g/mol. The van der Waals surface area contributed by atoms with Crippen molar-refractivity contribution in [3.8, 4) is 0 Å². The van der Waals surface area contributed by atoms with Crippen LogP contribution in [0.4, 0.5) is 13.2 Å². The second-order valence-electron chi connectivity index (χ2n) is 2.71. The molecular formula is C7H5ClF3NO2S. The van der Waals surface area contributed by atoms with E-state index in [1.165, 1.54) is 0 Å². The van der Waals surface area contributed by atoms with Gasteiger partial charge in [-0.3, -0.25) is 4.98 Å². The Morgan fingerprint density at radius 2 is 2.00 bits per heavy atom. The third-order valence-corrected chi connectivity index (χ3v) is 2.52. The van der Waals surface area contributed by atoms with Crippen molar-refractivity contribution in [1.29, 1.82) is 0 Å². The van der Waals surface area contributed by atoms with Crippen molar-refractivity contribution in [2.24, 2.45) is 0 Å². The molecule has 0 aliphatic heterocycles. The van der Waals surface area contributed by atoms with E-state index in [4.69, 9.17) is 10.7 Å². The summed E-state index contributed by atoms with van der Waals surface area (Å²) < 4.78 is 58.4. The molecule has 84 valence electrons. The number of pyridine rings is 1. The molecule has 0 fully saturated rings. The first kappa shape index (κ1) is 12.3. The zero-order chi connectivity index (χ0) is 11.7. The summed E-state index contributed by atoms with van der Waals surface area (Å²) in [5.41, 5.74) is -1.50. The van der Waals surface area contributed by atoms with Crippen LogP contribution in [0.15, 0.2) is 18.5 Å². The normalized spacial score (nSPS) is 12.8. The molecule has 8 heteroatoms. The molecule has 0 saturated heterocycles. The summed E-state index contributed by atoms with van der Waals surface area (Å²) in [5, 5.41) is 0. The van der Waals surface area contributed by atoms with Gasteiger partial charge >= 0.3 is 6.18 Å². The monoisotopic (exact) mass is 259 g/mol. The van der Waals surface area contributed by atoms with Crippen LogP contribution in [0.2, 0.25) is 0 Å². The summed E-state index contributed by atoms with van der Waals surface area (Å²) in [6.07, 6.45) is -2.84. The number of alkyl halides is 3. The van der Waals surface area contributed by atoms with Crippen LogP contribution in [0, 0.1) is 0 Å². The van der Waals surface area contributed by atoms with Crippen LogP contribution in [-0.2, 0) is 21.0 Å². The van der Waals surface area contributed by atoms with E-state index in [0.29, 0.717) is 6.07 Å². The number of hydrogen-bond acceptors (Lipinski definition) is 3. The topological polar surface area (TPSA) is 47.0 Å². The van der Waals surface area contributed by atoms with Crippen LogP contribution in [0.1, 0.15) is 11.1 Å². The van der Waals surface area contributed by atoms with E-state index < -0.39 is 32.1 Å². The van der Waals surface area contributed by atoms with Gasteiger partial charge in [0.25, 0.3) is 0 Å². The Bertz CT molecular complexity index is 458. The van der Waals surface area contributed by atoms with E-state index in [1.807, 2.05) is 0 Å². The predicted molar refractivity (Wildman–Crippen MR) is 47.7 cm³/mol. The van der Waals surface area contributed by atoms with Gasteiger partial charge in [0.15, 0.2) is 0 Å². The number of nitrogens with zero attached hydrogens (tertiary/aromatic N) is 1. The van der Waals surface area contributed by atoms with E-state index in [2.05, 4.69) is 4.98 Å². The molecular weight excluding hydrogens is 255 g/mol. The van der Waals surface area contributed by atoms with Crippen molar-refractivity contribution in [2.45, 2.75) is 11.9 Å². The van der Waals surface area contributed by atoms with Gasteiger partial charge in [-0.1, -0.05) is 0 Å². The van der Waals surface area contributed by atoms with Crippen molar-refractivity contribution < 1.29 is 21.6 Å². The summed E-state index contributed by atoms with van der Waals surface area (Å²) in [7, 11) is 0.839. The molecule has 1 aromatic heterocycles. The van der Waals surface area contributed by atoms with Gasteiger partial charge in [0.1, 0.15) is 0 Å². The number of halogens is 4. The largest absolute Gasteiger partial charge is 0.416 e. The standard InChI is InChI=1S/C7H5ClF3NO2S/c8-15(13,14)4-5-3-12-2-1-6(5)7(9,10)11/h1-3H,4H2. The maximum atomic E-state index is 12.4. The Labute approximate surface area is 88.3 Å². The Morgan fingerprint density at radius 3 is 2.47 bits per heavy atom. The first-order chi connectivity index (χ1) is 6.70. The zero-order valence-electron chi connectivity index (χ0n) is 7.12. The fourth-order valence-electron chi connectivity index (χ4n) is 1.00. The molecule has 0 aliphatic rings. The van der Waals surface area contributed by atoms with E-state index >= 15 is 0 Å². The Hall–Kier alpha value is -0.820. The molecule has 1 aromatic rings. The van der Waals surface area contributed by atoms with Crippen molar-refractivity contribution in [1.82, 2.24) is 4.98 Å². The van der Waals surface area contributed by atoms with E-state index in [9.17, 15) is 21.6 Å². The van der Waals surface area contributed by atoms with Crippen molar-refractivity contribution in [2.75, 3.05) is 0 Å². The van der Waals surface area contributed by atoms with Crippen molar-refractivity contribution in [3.63, 3.8) is 0 Å². The lowest BCUT2D eigenvalue weighted by molar-refractivity contribution is -0.138. The first-order valence-corrected chi connectivity index (χ1v) is 6.10. The van der Waals surface area contributed by atoms with Gasteiger partial charge in [-0.25, -0.2) is 8.42 Å². The highest BCUT2D eigenvalue weighted by Gasteiger charge is 2.34. The minimum absolute atomic E-state index is 0.458. The lowest BCUT2D eigenvalue weighted by atomic mass is 10.1. The molecule has 15 heavy (non-hydrogen) atoms. The molecule has 0 aromatic carbocycles. The minimum Gasteiger partial charge on any atom is -0.264 e. The van der Waals surface area contributed by atoms with Crippen molar-refractivity contribution >= 4 is 19.7 Å². The van der Waals surface area contributed by atoms with Crippen LogP contribution in [0.25, 0.3) is 0 Å². The van der Waals surface area contributed by atoms with Gasteiger partial charge in [0.05, 0.1) is 11.3 Å². The number of hydrogen-bond donors (Lipinski definition) is 0. The number of aromatic nitrogens is 1. The molecule has 1 heterocycles. The molecule has 0 N–H and O–H groups in total. The molecule has 3 nitrogen and oxygen atoms in total. The van der Waals surface area contributed by atoms with Crippen LogP contribution < -0.4 is 0 Å². The molecule has 0 unspecified atom stereocenters. The lowest BCUT2D eigenvalue weighted by Crippen LogP contribution is -2.11. The zero-order valence-corrected chi connectivity index (χ0v) is 8.70. The molecule has 0 atom stereocenters. The highest BCUT2D eigenvalue weighted by molar-refractivity contribution is 8.13. The minimum atomic E-state index is -4.61. The Kier molecular flexibility index (Phi) is 3.25. The van der Waals surface area contributed by atoms with Gasteiger partial charge in [0.2, 0.25) is 9.05 Å². The molecule has 0 radical (unpaired) electrons. The first-order valence-electron chi connectivity index (χ1n) is 3.62. The van der Waals surface area contributed by atoms with Crippen molar-refractivity contribution in [3.05, 3.63) is 29.6 Å². The average Bonchev–Trinajstić information content (AvgIpc) is 1.99. The van der Waals surface area contributed by atoms with Crippen LogP contribution in [-0.4, -0.2) is 13.4 Å². The third-order valence-electron chi connectivity index (χ3n) is 1.54. The quantitative estimate of drug-likeness (QED) is 0.765. The highest BCUT2D eigenvalue weighted by atomic mass is 35.7. The van der Waals surface area contributed by atoms with E-state index in [-0.39, 0.29) is 0 Å². The van der Waals surface area contributed by atoms with Gasteiger partial charge in [0, 0.05) is 23.1 Å². The SMILES string of the molecule is O=S(=O)(Cl)Cc1cnccc1C(F)(F)F. The van der Waals surface area contributed by atoms with Gasteiger partial charge in [-0.2, -0.15) is 13.2 Å². The maximum Gasteiger partial charge on any atom is 0.416 e. The highest BCUT2D eigenvalue weighted by Crippen LogP contribution is 2.32. The molecule has 0 aliphatic carbocycles. The summed E-state index contributed by atoms with van der Waals surface area (Å²) in [6.45, 7) is 0. The molecule has 1 rings (SSSR count). The van der Waals surface area contributed by atoms with Gasteiger partial charge < -0.3 is 0 Å². The Balaban J connectivity index is 3.19. The molecule has 0 saturated carbocycles. The molecule has 0 spiro atoms. The van der Waals surface area contributed by atoms with Gasteiger partial charge in [-0.05, 0) is 11.6 Å². The smallest absolute Gasteiger partial charge is 0.264 e. The van der Waals surface area contributed by atoms with Crippen LogP contribution >= 0.6 is 10.7 Å². The van der Waals surface area contributed by atoms with E-state index in [1.54, 1.807) is 0 Å². The fraction of sp³-hybridized carbons (Fsp3) is 0.286. The molecule has 0 amide bonds. The van der Waals surface area contributed by atoms with Gasteiger partial charge in [-0.15, -0.1) is 0 Å². The summed E-state index contributed by atoms with van der Waals surface area (Å²) >= 11 is 0. The lowest BCUT2D eigenvalue weighted by Gasteiger charge is -2.10. The second-order valence-corrected chi connectivity index (χ2v) is 5.49. The van der Waals surface area contributed by atoms with Crippen LogP contribution in [0.5, 0.6) is 0 Å². The maximum absolute atomic E-state index is 12.4. The second kappa shape index (κ2) is 3.97. The summed E-state index contributed by atoms with van der Waals surface area (Å²) in [5.74, 6) is -0.892. The Morgan fingerprint density at radius 1 is 1.40 bits per heavy atom. The fourth-order valence-corrected chi connectivity index (χ4v) is 1.96. The molecule has 0 bridgehead atoms. The number of rotatable bonds is 2. The van der Waals surface area contributed by atoms with E-state index in [0.717, 1.165) is 12.4 Å².